The number of halogens is 3. The summed E-state index contributed by atoms with van der Waals surface area (Å²) < 4.78 is 19.6. The normalized spacial score (nSPS) is 27.1. The number of likely N-dealkylation sites (tertiary alicyclic amines) is 1. The molecule has 14 heteroatoms. The molecule has 0 spiro atoms. The summed E-state index contributed by atoms with van der Waals surface area (Å²) in [4.78, 5) is 69.8. The van der Waals surface area contributed by atoms with E-state index in [4.69, 9.17) is 16.3 Å². The number of aromatic hydroxyl groups is 1. The predicted octanol–water partition coefficient (Wildman–Crippen LogP) is 5.42. The number of rotatable bonds is 8. The number of hydrazine groups is 1. The van der Waals surface area contributed by atoms with Crippen LogP contribution < -0.4 is 10.2 Å². The van der Waals surface area contributed by atoms with Gasteiger partial charge in [0.2, 0.25) is 11.8 Å². The highest BCUT2D eigenvalue weighted by atomic mass is 79.9. The third kappa shape index (κ3) is 5.08. The van der Waals surface area contributed by atoms with Crippen molar-refractivity contribution in [3.05, 3.63) is 98.8 Å². The standard InChI is InChI=1S/C36H30BrClFN3O8/c1-50-27-15-17(14-26(37)31(27)45)30-22-10-11-23-29(34(48)41(32(23)46)13-12-28(43)44)24(22)16-25-33(47)42(40-21-8-6-20(39)7-9-21)35(49)36(25,30)18-2-4-19(38)5-3-18/h2-10,14-15,23-25,29-30,40,45H,11-13,16H2,1H3,(H,43,44)/t23-,24+,25-,29-,30-,36+/m0/s1. The Morgan fingerprint density at radius 1 is 1.04 bits per heavy atom. The number of carboxylic acid groups (broad SMARTS) is 1. The Morgan fingerprint density at radius 3 is 2.40 bits per heavy atom. The van der Waals surface area contributed by atoms with E-state index in [2.05, 4.69) is 21.4 Å². The zero-order valence-electron chi connectivity index (χ0n) is 26.4. The molecule has 0 bridgehead atoms. The number of carbonyl (C=O) groups excluding carboxylic acids is 4. The van der Waals surface area contributed by atoms with Crippen LogP contribution in [0.2, 0.25) is 5.02 Å². The average Bonchev–Trinajstić information content (AvgIpc) is 3.46. The van der Waals surface area contributed by atoms with Crippen LogP contribution in [0, 0.1) is 29.5 Å². The van der Waals surface area contributed by atoms with Crippen LogP contribution >= 0.6 is 27.5 Å². The van der Waals surface area contributed by atoms with E-state index in [-0.39, 0.29) is 41.0 Å². The van der Waals surface area contributed by atoms with E-state index >= 15 is 4.79 Å². The minimum atomic E-state index is -1.63. The summed E-state index contributed by atoms with van der Waals surface area (Å²) in [6.45, 7) is -0.279. The van der Waals surface area contributed by atoms with Gasteiger partial charge in [-0.3, -0.25) is 34.3 Å². The number of methoxy groups -OCH3 is 1. The first kappa shape index (κ1) is 33.7. The fourth-order valence-electron chi connectivity index (χ4n) is 8.44. The summed E-state index contributed by atoms with van der Waals surface area (Å²) in [5, 5.41) is 21.4. The fourth-order valence-corrected chi connectivity index (χ4v) is 9.03. The molecule has 2 saturated heterocycles. The second-order valence-electron chi connectivity index (χ2n) is 12.9. The quantitative estimate of drug-likeness (QED) is 0.202. The number of carboxylic acids is 1. The van der Waals surface area contributed by atoms with Crippen LogP contribution in [0.4, 0.5) is 10.1 Å². The van der Waals surface area contributed by atoms with Crippen LogP contribution in [0.3, 0.4) is 0 Å². The number of hydrogen-bond donors (Lipinski definition) is 3. The highest BCUT2D eigenvalue weighted by molar-refractivity contribution is 9.10. The number of phenolic OH excluding ortho intramolecular Hbond substituents is 1. The van der Waals surface area contributed by atoms with Crippen molar-refractivity contribution in [1.82, 2.24) is 9.91 Å². The van der Waals surface area contributed by atoms with Gasteiger partial charge >= 0.3 is 5.97 Å². The Balaban J connectivity index is 1.45. The van der Waals surface area contributed by atoms with Gasteiger partial charge in [0.25, 0.3) is 11.8 Å². The van der Waals surface area contributed by atoms with Crippen molar-refractivity contribution in [1.29, 1.82) is 0 Å². The number of imide groups is 2. The van der Waals surface area contributed by atoms with Gasteiger partial charge in [-0.05, 0) is 94.3 Å². The molecule has 3 aromatic carbocycles. The third-order valence-electron chi connectivity index (χ3n) is 10.5. The summed E-state index contributed by atoms with van der Waals surface area (Å²) in [5.74, 6) is -8.28. The Morgan fingerprint density at radius 2 is 1.74 bits per heavy atom. The van der Waals surface area contributed by atoms with Crippen LogP contribution in [-0.2, 0) is 29.4 Å². The maximum atomic E-state index is 15.2. The van der Waals surface area contributed by atoms with Crippen molar-refractivity contribution in [3.63, 3.8) is 0 Å². The molecule has 3 fully saturated rings. The molecule has 2 heterocycles. The van der Waals surface area contributed by atoms with Gasteiger partial charge < -0.3 is 14.9 Å². The van der Waals surface area contributed by atoms with E-state index in [0.29, 0.717) is 21.7 Å². The van der Waals surface area contributed by atoms with Gasteiger partial charge in [-0.15, -0.1) is 0 Å². The van der Waals surface area contributed by atoms with Crippen molar-refractivity contribution >= 4 is 62.8 Å². The maximum absolute atomic E-state index is 15.2. The molecule has 3 aromatic rings. The number of nitrogens with zero attached hydrogens (tertiary/aromatic N) is 2. The lowest BCUT2D eigenvalue weighted by Crippen LogP contribution is -2.53. The maximum Gasteiger partial charge on any atom is 0.305 e. The van der Waals surface area contributed by atoms with Crippen LogP contribution in [0.25, 0.3) is 0 Å². The fraction of sp³-hybridized carbons (Fsp3) is 0.306. The highest BCUT2D eigenvalue weighted by Gasteiger charge is 2.70. The van der Waals surface area contributed by atoms with Crippen molar-refractivity contribution in [2.24, 2.45) is 23.7 Å². The highest BCUT2D eigenvalue weighted by Crippen LogP contribution is 2.64. The number of aliphatic carboxylic acids is 1. The lowest BCUT2D eigenvalue weighted by Gasteiger charge is -2.50. The summed E-state index contributed by atoms with van der Waals surface area (Å²) in [5.41, 5.74) is 3.16. The number of carbonyl (C=O) groups is 5. The summed E-state index contributed by atoms with van der Waals surface area (Å²) in [7, 11) is 1.38. The number of allylic oxidation sites excluding steroid dienone is 2. The molecule has 6 atom stereocenters. The Labute approximate surface area is 298 Å². The van der Waals surface area contributed by atoms with Crippen molar-refractivity contribution < 1.29 is 43.3 Å². The molecule has 0 unspecified atom stereocenters. The van der Waals surface area contributed by atoms with E-state index < -0.39 is 76.8 Å². The number of hydrogen-bond acceptors (Lipinski definition) is 8. The first-order chi connectivity index (χ1) is 23.9. The largest absolute Gasteiger partial charge is 0.503 e. The molecule has 4 amide bonds. The molecule has 0 aromatic heterocycles. The third-order valence-corrected chi connectivity index (χ3v) is 11.4. The van der Waals surface area contributed by atoms with Crippen molar-refractivity contribution in [2.75, 3.05) is 19.1 Å². The SMILES string of the molecule is COc1cc([C@H]2C3=CC[C@@H]4C(=O)N(CCC(=O)O)C(=O)[C@@H]4[C@@H]3C[C@H]3C(=O)N(Nc4ccc(F)cc4)C(=O)[C@@]23c2ccc(Cl)cc2)cc(Br)c1O. The molecule has 2 aliphatic heterocycles. The molecular formula is C36H30BrClFN3O8. The first-order valence-corrected chi connectivity index (χ1v) is 17.1. The van der Waals surface area contributed by atoms with Crippen LogP contribution in [0.5, 0.6) is 11.5 Å². The van der Waals surface area contributed by atoms with Crippen LogP contribution in [-0.4, -0.2) is 63.4 Å². The van der Waals surface area contributed by atoms with Gasteiger partial charge in [0.15, 0.2) is 11.5 Å². The lowest BCUT2D eigenvalue weighted by atomic mass is 9.49. The Bertz CT molecular complexity index is 1990. The van der Waals surface area contributed by atoms with E-state index in [0.717, 1.165) is 9.91 Å². The lowest BCUT2D eigenvalue weighted by molar-refractivity contribution is -0.143. The van der Waals surface area contributed by atoms with Gasteiger partial charge in [0.05, 0.1) is 46.9 Å². The number of amides is 4. The van der Waals surface area contributed by atoms with Gasteiger partial charge in [-0.2, -0.15) is 5.01 Å². The minimum Gasteiger partial charge on any atom is -0.503 e. The summed E-state index contributed by atoms with van der Waals surface area (Å²) in [6, 6.07) is 15.0. The Kier molecular flexibility index (Phi) is 8.46. The molecule has 0 radical (unpaired) electrons. The van der Waals surface area contributed by atoms with Crippen molar-refractivity contribution in [3.8, 4) is 11.5 Å². The zero-order chi connectivity index (χ0) is 35.6. The monoisotopic (exact) mass is 765 g/mol. The van der Waals surface area contributed by atoms with Crippen LogP contribution in [0.15, 0.2) is 76.8 Å². The number of benzene rings is 3. The molecule has 3 N–H and O–H groups in total. The molecule has 50 heavy (non-hydrogen) atoms. The van der Waals surface area contributed by atoms with Gasteiger partial charge in [0.1, 0.15) is 5.82 Å². The van der Waals surface area contributed by atoms with E-state index in [1.54, 1.807) is 36.4 Å². The van der Waals surface area contributed by atoms with Gasteiger partial charge in [-0.1, -0.05) is 35.4 Å². The minimum absolute atomic E-state index is 0.0144. The predicted molar refractivity (Wildman–Crippen MR) is 180 cm³/mol. The molecule has 7 rings (SSSR count). The molecule has 2 aliphatic carbocycles. The number of nitrogens with one attached hydrogen (secondary N) is 1. The van der Waals surface area contributed by atoms with E-state index in [9.17, 15) is 33.8 Å². The smallest absolute Gasteiger partial charge is 0.305 e. The van der Waals surface area contributed by atoms with Crippen LogP contribution in [0.1, 0.15) is 36.3 Å². The molecular weight excluding hydrogens is 737 g/mol. The first-order valence-electron chi connectivity index (χ1n) is 15.9. The van der Waals surface area contributed by atoms with E-state index in [1.807, 2.05) is 6.08 Å². The van der Waals surface area contributed by atoms with Gasteiger partial charge in [0, 0.05) is 17.5 Å². The molecule has 1 saturated carbocycles. The molecule has 4 aliphatic rings. The van der Waals surface area contributed by atoms with Crippen molar-refractivity contribution in [2.45, 2.75) is 30.6 Å². The number of fused-ring (bicyclic) bond motifs is 4. The average molecular weight is 767 g/mol. The molecule has 11 nitrogen and oxygen atoms in total. The second-order valence-corrected chi connectivity index (χ2v) is 14.2. The number of anilines is 1. The van der Waals surface area contributed by atoms with E-state index in [1.165, 1.54) is 31.4 Å². The number of ether oxygens (including phenoxy) is 1. The van der Waals surface area contributed by atoms with Gasteiger partial charge in [-0.25, -0.2) is 4.39 Å². The summed E-state index contributed by atoms with van der Waals surface area (Å²) >= 11 is 9.73. The molecule has 258 valence electrons. The number of phenols is 1. The Hall–Kier alpha value is -4.75. The second kappa shape index (κ2) is 12.5. The zero-order valence-corrected chi connectivity index (χ0v) is 28.8. The topological polar surface area (TPSA) is 154 Å². The summed E-state index contributed by atoms with van der Waals surface area (Å²) in [6.07, 6.45) is 1.61.